The van der Waals surface area contributed by atoms with Gasteiger partial charge in [0.1, 0.15) is 11.3 Å². The van der Waals surface area contributed by atoms with Gasteiger partial charge in [0, 0.05) is 0 Å². The Labute approximate surface area is 109 Å². The molecular formula is C15H22O3. The summed E-state index contributed by atoms with van der Waals surface area (Å²) in [5.74, 6) is 0.257. The van der Waals surface area contributed by atoms with E-state index in [0.29, 0.717) is 6.61 Å². The standard InChI is InChI=1S/C15H22O3/c1-12(2)8-4-3-7-11-18-15(17)13-9-5-6-10-14(13)16/h5-6,9-10,12,16H,3-4,7-8,11H2,1-2H3. The molecule has 0 aliphatic carbocycles. The molecule has 0 saturated carbocycles. The fourth-order valence-electron chi connectivity index (χ4n) is 1.72. The first kappa shape index (κ1) is 14.6. The summed E-state index contributed by atoms with van der Waals surface area (Å²) >= 11 is 0. The van der Waals surface area contributed by atoms with Crippen LogP contribution >= 0.6 is 0 Å². The molecule has 1 aromatic carbocycles. The quantitative estimate of drug-likeness (QED) is 0.592. The van der Waals surface area contributed by atoms with Crippen molar-refractivity contribution in [2.45, 2.75) is 39.5 Å². The molecule has 100 valence electrons. The van der Waals surface area contributed by atoms with Crippen molar-refractivity contribution in [3.05, 3.63) is 29.8 Å². The number of esters is 1. The van der Waals surface area contributed by atoms with Gasteiger partial charge in [0.05, 0.1) is 6.61 Å². The number of phenols is 1. The molecule has 0 unspecified atom stereocenters. The molecule has 1 rings (SSSR count). The van der Waals surface area contributed by atoms with Gasteiger partial charge in [-0.25, -0.2) is 4.79 Å². The topological polar surface area (TPSA) is 46.5 Å². The normalized spacial score (nSPS) is 10.6. The molecule has 0 aliphatic rings. The lowest BCUT2D eigenvalue weighted by atomic mass is 10.1. The lowest BCUT2D eigenvalue weighted by Crippen LogP contribution is -2.06. The van der Waals surface area contributed by atoms with Crippen molar-refractivity contribution < 1.29 is 14.6 Å². The van der Waals surface area contributed by atoms with Crippen LogP contribution in [0.25, 0.3) is 0 Å². The fourth-order valence-corrected chi connectivity index (χ4v) is 1.72. The number of rotatable bonds is 7. The number of benzene rings is 1. The van der Waals surface area contributed by atoms with Gasteiger partial charge in [-0.1, -0.05) is 45.2 Å². The molecule has 0 aliphatic heterocycles. The molecule has 0 atom stereocenters. The molecular weight excluding hydrogens is 228 g/mol. The third kappa shape index (κ3) is 5.21. The van der Waals surface area contributed by atoms with Gasteiger partial charge >= 0.3 is 5.97 Å². The van der Waals surface area contributed by atoms with Gasteiger partial charge in [-0.15, -0.1) is 0 Å². The number of aromatic hydroxyl groups is 1. The van der Waals surface area contributed by atoms with E-state index in [0.717, 1.165) is 18.8 Å². The summed E-state index contributed by atoms with van der Waals surface area (Å²) in [7, 11) is 0. The summed E-state index contributed by atoms with van der Waals surface area (Å²) in [5.41, 5.74) is 0.236. The number of phenolic OH excluding ortho intramolecular Hbond substituents is 1. The maximum Gasteiger partial charge on any atom is 0.341 e. The zero-order valence-electron chi connectivity index (χ0n) is 11.2. The lowest BCUT2D eigenvalue weighted by Gasteiger charge is -2.07. The molecule has 0 heterocycles. The van der Waals surface area contributed by atoms with Crippen LogP contribution in [0.5, 0.6) is 5.75 Å². The average molecular weight is 250 g/mol. The van der Waals surface area contributed by atoms with E-state index in [-0.39, 0.29) is 11.3 Å². The third-order valence-electron chi connectivity index (χ3n) is 2.78. The molecule has 0 amide bonds. The minimum Gasteiger partial charge on any atom is -0.507 e. The highest BCUT2D eigenvalue weighted by Gasteiger charge is 2.10. The number of carbonyl (C=O) groups is 1. The van der Waals surface area contributed by atoms with Crippen LogP contribution in [0.3, 0.4) is 0 Å². The predicted octanol–water partition coefficient (Wildman–Crippen LogP) is 3.77. The van der Waals surface area contributed by atoms with Crippen LogP contribution in [0.15, 0.2) is 24.3 Å². The zero-order chi connectivity index (χ0) is 13.4. The summed E-state index contributed by atoms with van der Waals surface area (Å²) in [5, 5.41) is 9.48. The van der Waals surface area contributed by atoms with Crippen molar-refractivity contribution in [3.8, 4) is 5.75 Å². The van der Waals surface area contributed by atoms with E-state index in [1.165, 1.54) is 18.9 Å². The van der Waals surface area contributed by atoms with Crippen molar-refractivity contribution in [1.29, 1.82) is 0 Å². The third-order valence-corrected chi connectivity index (χ3v) is 2.78. The zero-order valence-corrected chi connectivity index (χ0v) is 11.2. The molecule has 1 N–H and O–H groups in total. The highest BCUT2D eigenvalue weighted by molar-refractivity contribution is 5.92. The Morgan fingerprint density at radius 2 is 1.94 bits per heavy atom. The number of hydrogen-bond acceptors (Lipinski definition) is 3. The second-order valence-corrected chi connectivity index (χ2v) is 4.90. The van der Waals surface area contributed by atoms with Crippen molar-refractivity contribution in [1.82, 2.24) is 0 Å². The molecule has 0 fully saturated rings. The smallest absolute Gasteiger partial charge is 0.341 e. The maximum absolute atomic E-state index is 11.6. The second kappa shape index (κ2) is 7.75. The molecule has 3 heteroatoms. The first-order valence-corrected chi connectivity index (χ1v) is 6.56. The van der Waals surface area contributed by atoms with Crippen molar-refractivity contribution in [2.75, 3.05) is 6.61 Å². The Morgan fingerprint density at radius 3 is 2.61 bits per heavy atom. The summed E-state index contributed by atoms with van der Waals surface area (Å²) < 4.78 is 5.12. The lowest BCUT2D eigenvalue weighted by molar-refractivity contribution is 0.0494. The molecule has 0 aromatic heterocycles. The molecule has 0 radical (unpaired) electrons. The molecule has 0 saturated heterocycles. The van der Waals surface area contributed by atoms with Gasteiger partial charge < -0.3 is 9.84 Å². The summed E-state index contributed by atoms with van der Waals surface area (Å²) in [6.07, 6.45) is 4.34. The minimum atomic E-state index is -0.447. The molecule has 1 aromatic rings. The van der Waals surface area contributed by atoms with Crippen LogP contribution < -0.4 is 0 Å². The first-order chi connectivity index (χ1) is 8.61. The number of ether oxygens (including phenoxy) is 1. The van der Waals surface area contributed by atoms with Gasteiger partial charge in [-0.3, -0.25) is 0 Å². The Bertz CT molecular complexity index is 372. The van der Waals surface area contributed by atoms with E-state index >= 15 is 0 Å². The minimum absolute atomic E-state index is 0.0256. The van der Waals surface area contributed by atoms with Crippen molar-refractivity contribution in [3.63, 3.8) is 0 Å². The Kier molecular flexibility index (Phi) is 6.26. The summed E-state index contributed by atoms with van der Waals surface area (Å²) in [6.45, 7) is 4.83. The van der Waals surface area contributed by atoms with Crippen molar-refractivity contribution >= 4 is 5.97 Å². The number of para-hydroxylation sites is 1. The Morgan fingerprint density at radius 1 is 1.22 bits per heavy atom. The predicted molar refractivity (Wildman–Crippen MR) is 71.7 cm³/mol. The van der Waals surface area contributed by atoms with Crippen LogP contribution in [-0.2, 0) is 4.74 Å². The molecule has 0 spiro atoms. The Balaban J connectivity index is 2.20. The van der Waals surface area contributed by atoms with E-state index in [1.54, 1.807) is 18.2 Å². The summed E-state index contributed by atoms with van der Waals surface area (Å²) in [6, 6.07) is 6.44. The van der Waals surface area contributed by atoms with E-state index in [2.05, 4.69) is 13.8 Å². The monoisotopic (exact) mass is 250 g/mol. The molecule has 3 nitrogen and oxygen atoms in total. The Hall–Kier alpha value is -1.51. The number of carbonyl (C=O) groups excluding carboxylic acids is 1. The van der Waals surface area contributed by atoms with Gasteiger partial charge in [-0.05, 0) is 24.5 Å². The second-order valence-electron chi connectivity index (χ2n) is 4.90. The van der Waals surface area contributed by atoms with Crippen LogP contribution in [0, 0.1) is 5.92 Å². The van der Waals surface area contributed by atoms with Gasteiger partial charge in [-0.2, -0.15) is 0 Å². The summed E-state index contributed by atoms with van der Waals surface area (Å²) in [4.78, 5) is 11.6. The van der Waals surface area contributed by atoms with Crippen LogP contribution in [0.1, 0.15) is 49.9 Å². The molecule has 0 bridgehead atoms. The highest BCUT2D eigenvalue weighted by Crippen LogP contribution is 2.16. The van der Waals surface area contributed by atoms with E-state index in [1.807, 2.05) is 0 Å². The van der Waals surface area contributed by atoms with Gasteiger partial charge in [0.15, 0.2) is 0 Å². The van der Waals surface area contributed by atoms with E-state index < -0.39 is 5.97 Å². The highest BCUT2D eigenvalue weighted by atomic mass is 16.5. The number of hydrogen-bond donors (Lipinski definition) is 1. The van der Waals surface area contributed by atoms with Gasteiger partial charge in [0.25, 0.3) is 0 Å². The maximum atomic E-state index is 11.6. The number of unbranched alkanes of at least 4 members (excludes halogenated alkanes) is 2. The van der Waals surface area contributed by atoms with E-state index in [9.17, 15) is 9.90 Å². The molecule has 18 heavy (non-hydrogen) atoms. The first-order valence-electron chi connectivity index (χ1n) is 6.56. The van der Waals surface area contributed by atoms with E-state index in [4.69, 9.17) is 4.74 Å². The SMILES string of the molecule is CC(C)CCCCCOC(=O)c1ccccc1O. The van der Waals surface area contributed by atoms with Crippen molar-refractivity contribution in [2.24, 2.45) is 5.92 Å². The van der Waals surface area contributed by atoms with Crippen LogP contribution in [0.2, 0.25) is 0 Å². The van der Waals surface area contributed by atoms with Crippen LogP contribution in [0.4, 0.5) is 0 Å². The largest absolute Gasteiger partial charge is 0.507 e. The fraction of sp³-hybridized carbons (Fsp3) is 0.533. The van der Waals surface area contributed by atoms with Crippen LogP contribution in [-0.4, -0.2) is 17.7 Å². The van der Waals surface area contributed by atoms with Gasteiger partial charge in [0.2, 0.25) is 0 Å². The average Bonchev–Trinajstić information content (AvgIpc) is 2.33.